The van der Waals surface area contributed by atoms with Crippen LogP contribution < -0.4 is 10.6 Å². The molecule has 156 valence electrons. The molecule has 2 N–H and O–H groups in total. The number of hydrogen-bond acceptors (Lipinski definition) is 5. The van der Waals surface area contributed by atoms with E-state index in [2.05, 4.69) is 15.6 Å². The van der Waals surface area contributed by atoms with Gasteiger partial charge in [0.2, 0.25) is 5.91 Å². The second-order valence-corrected chi connectivity index (χ2v) is 6.68. The van der Waals surface area contributed by atoms with E-state index < -0.39 is 0 Å². The number of nitrogens with one attached hydrogen (secondary N) is 2. The maximum atomic E-state index is 13.0. The Labute approximate surface area is 176 Å². The van der Waals surface area contributed by atoms with E-state index in [1.807, 2.05) is 0 Å². The lowest BCUT2D eigenvalue weighted by atomic mass is 10.2. The minimum atomic E-state index is -0.354. The number of halogens is 1. The van der Waals surface area contributed by atoms with E-state index in [0.29, 0.717) is 35.0 Å². The van der Waals surface area contributed by atoms with Gasteiger partial charge in [0.15, 0.2) is 17.4 Å². The average molecular weight is 419 g/mol. The Bertz CT molecular complexity index is 1170. The van der Waals surface area contributed by atoms with Crippen LogP contribution in [-0.2, 0) is 11.2 Å². The van der Waals surface area contributed by atoms with Gasteiger partial charge >= 0.3 is 0 Å². The molecule has 4 rings (SSSR count). The summed E-state index contributed by atoms with van der Waals surface area (Å²) in [4.78, 5) is 28.3. The standard InChI is InChI=1S/C23H18FN3O4/c24-16-5-3-15(4-6-16)20-14-25-22(31-20)12-11-21(28)26-17-7-9-18(10-8-17)27-23(29)19-2-1-13-30-19/h1-10,13-14H,11-12H2,(H,26,28)(H,27,29). The van der Waals surface area contributed by atoms with Crippen molar-refractivity contribution < 1.29 is 22.8 Å². The maximum absolute atomic E-state index is 13.0. The smallest absolute Gasteiger partial charge is 0.291 e. The number of carbonyl (C=O) groups excluding carboxylic acids is 2. The minimum Gasteiger partial charge on any atom is -0.459 e. The van der Waals surface area contributed by atoms with E-state index in [1.54, 1.807) is 54.7 Å². The molecule has 2 amide bonds. The molecule has 0 aliphatic heterocycles. The number of aromatic nitrogens is 1. The number of benzene rings is 2. The van der Waals surface area contributed by atoms with Gasteiger partial charge in [0, 0.05) is 29.8 Å². The lowest BCUT2D eigenvalue weighted by Gasteiger charge is -2.07. The third-order valence-corrected chi connectivity index (χ3v) is 4.42. The molecule has 0 aliphatic carbocycles. The molecule has 7 nitrogen and oxygen atoms in total. The number of hydrogen-bond donors (Lipinski definition) is 2. The fraction of sp³-hybridized carbons (Fsp3) is 0.0870. The molecule has 0 radical (unpaired) electrons. The van der Waals surface area contributed by atoms with Crippen LogP contribution in [0.5, 0.6) is 0 Å². The number of nitrogens with zero attached hydrogens (tertiary/aromatic N) is 1. The van der Waals surface area contributed by atoms with Crippen LogP contribution >= 0.6 is 0 Å². The normalized spacial score (nSPS) is 10.6. The Morgan fingerprint density at radius 1 is 0.935 bits per heavy atom. The number of oxazole rings is 1. The highest BCUT2D eigenvalue weighted by molar-refractivity contribution is 6.02. The van der Waals surface area contributed by atoms with Crippen molar-refractivity contribution in [3.05, 3.63) is 90.6 Å². The highest BCUT2D eigenvalue weighted by atomic mass is 19.1. The second kappa shape index (κ2) is 9.08. The summed E-state index contributed by atoms with van der Waals surface area (Å²) in [5.74, 6) is 0.272. The molecule has 2 heterocycles. The van der Waals surface area contributed by atoms with Gasteiger partial charge < -0.3 is 19.5 Å². The van der Waals surface area contributed by atoms with Gasteiger partial charge in [-0.25, -0.2) is 9.37 Å². The fourth-order valence-corrected chi connectivity index (χ4v) is 2.85. The number of rotatable bonds is 7. The number of aryl methyl sites for hydroxylation is 1. The van der Waals surface area contributed by atoms with Crippen molar-refractivity contribution in [1.29, 1.82) is 0 Å². The molecule has 2 aromatic carbocycles. The highest BCUT2D eigenvalue weighted by Crippen LogP contribution is 2.21. The highest BCUT2D eigenvalue weighted by Gasteiger charge is 2.11. The van der Waals surface area contributed by atoms with Gasteiger partial charge in [0.25, 0.3) is 5.91 Å². The molecule has 0 saturated carbocycles. The summed E-state index contributed by atoms with van der Waals surface area (Å²) >= 11 is 0. The van der Waals surface area contributed by atoms with Crippen molar-refractivity contribution in [1.82, 2.24) is 4.98 Å². The Morgan fingerprint density at radius 3 is 2.32 bits per heavy atom. The van der Waals surface area contributed by atoms with Gasteiger partial charge in [-0.05, 0) is 60.7 Å². The molecule has 0 spiro atoms. The summed E-state index contributed by atoms with van der Waals surface area (Å²) in [6.45, 7) is 0. The molecule has 0 saturated heterocycles. The van der Waals surface area contributed by atoms with E-state index in [4.69, 9.17) is 8.83 Å². The summed E-state index contributed by atoms with van der Waals surface area (Å²) in [7, 11) is 0. The molecular formula is C23H18FN3O4. The lowest BCUT2D eigenvalue weighted by molar-refractivity contribution is -0.116. The molecule has 0 atom stereocenters. The van der Waals surface area contributed by atoms with E-state index >= 15 is 0 Å². The summed E-state index contributed by atoms with van der Waals surface area (Å²) in [5.41, 5.74) is 1.89. The Hall–Kier alpha value is -4.20. The number of furan rings is 1. The third kappa shape index (κ3) is 5.24. The average Bonchev–Trinajstić information content (AvgIpc) is 3.47. The first-order valence-corrected chi connectivity index (χ1v) is 9.52. The van der Waals surface area contributed by atoms with E-state index in [0.717, 1.165) is 0 Å². The number of amides is 2. The van der Waals surface area contributed by atoms with Crippen LogP contribution in [0, 0.1) is 5.82 Å². The molecule has 4 aromatic rings. The molecule has 0 fully saturated rings. The first-order chi connectivity index (χ1) is 15.1. The second-order valence-electron chi connectivity index (χ2n) is 6.68. The first kappa shape index (κ1) is 20.1. The SMILES string of the molecule is O=C(CCc1ncc(-c2ccc(F)cc2)o1)Nc1ccc(NC(=O)c2ccco2)cc1. The van der Waals surface area contributed by atoms with Crippen LogP contribution in [0.25, 0.3) is 11.3 Å². The van der Waals surface area contributed by atoms with Crippen LogP contribution in [0.2, 0.25) is 0 Å². The van der Waals surface area contributed by atoms with Gasteiger partial charge in [-0.2, -0.15) is 0 Å². The van der Waals surface area contributed by atoms with Crippen molar-refractivity contribution in [3.8, 4) is 11.3 Å². The summed E-state index contributed by atoms with van der Waals surface area (Å²) in [5, 5.41) is 5.49. The van der Waals surface area contributed by atoms with Gasteiger partial charge in [-0.3, -0.25) is 9.59 Å². The van der Waals surface area contributed by atoms with Crippen molar-refractivity contribution in [2.45, 2.75) is 12.8 Å². The molecule has 31 heavy (non-hydrogen) atoms. The zero-order valence-corrected chi connectivity index (χ0v) is 16.3. The van der Waals surface area contributed by atoms with Crippen LogP contribution in [0.3, 0.4) is 0 Å². The molecule has 0 aliphatic rings. The first-order valence-electron chi connectivity index (χ1n) is 9.52. The van der Waals surface area contributed by atoms with Crippen molar-refractivity contribution in [2.75, 3.05) is 10.6 Å². The van der Waals surface area contributed by atoms with Gasteiger partial charge in [-0.15, -0.1) is 0 Å². The Kier molecular flexibility index (Phi) is 5.89. The molecule has 2 aromatic heterocycles. The van der Waals surface area contributed by atoms with E-state index in [9.17, 15) is 14.0 Å². The van der Waals surface area contributed by atoms with Crippen LogP contribution in [-0.4, -0.2) is 16.8 Å². The lowest BCUT2D eigenvalue weighted by Crippen LogP contribution is -2.13. The van der Waals surface area contributed by atoms with E-state index in [1.165, 1.54) is 18.4 Å². The zero-order chi connectivity index (χ0) is 21.6. The topological polar surface area (TPSA) is 97.4 Å². The molecular weight excluding hydrogens is 401 g/mol. The molecule has 0 bridgehead atoms. The van der Waals surface area contributed by atoms with Crippen LogP contribution in [0.15, 0.2) is 82.0 Å². The summed E-state index contributed by atoms with van der Waals surface area (Å²) < 4.78 is 23.7. The zero-order valence-electron chi connectivity index (χ0n) is 16.3. The number of carbonyl (C=O) groups is 2. The van der Waals surface area contributed by atoms with Gasteiger partial charge in [0.05, 0.1) is 12.5 Å². The molecule has 0 unspecified atom stereocenters. The van der Waals surface area contributed by atoms with Crippen molar-refractivity contribution in [2.24, 2.45) is 0 Å². The third-order valence-electron chi connectivity index (χ3n) is 4.42. The van der Waals surface area contributed by atoms with Crippen LogP contribution in [0.1, 0.15) is 22.9 Å². The predicted octanol–water partition coefficient (Wildman–Crippen LogP) is 4.90. The summed E-state index contributed by atoms with van der Waals surface area (Å²) in [6, 6.07) is 15.8. The predicted molar refractivity (Wildman–Crippen MR) is 112 cm³/mol. The molecule has 8 heteroatoms. The quantitative estimate of drug-likeness (QED) is 0.444. The monoisotopic (exact) mass is 419 g/mol. The van der Waals surface area contributed by atoms with E-state index in [-0.39, 0.29) is 29.8 Å². The number of anilines is 2. The Balaban J connectivity index is 1.27. The fourth-order valence-electron chi connectivity index (χ4n) is 2.85. The van der Waals surface area contributed by atoms with Crippen molar-refractivity contribution in [3.63, 3.8) is 0 Å². The minimum absolute atomic E-state index is 0.181. The van der Waals surface area contributed by atoms with Gasteiger partial charge in [-0.1, -0.05) is 0 Å². The van der Waals surface area contributed by atoms with Gasteiger partial charge in [0.1, 0.15) is 5.82 Å². The summed E-state index contributed by atoms with van der Waals surface area (Å²) in [6.07, 6.45) is 3.48. The largest absolute Gasteiger partial charge is 0.459 e. The maximum Gasteiger partial charge on any atom is 0.291 e. The van der Waals surface area contributed by atoms with Crippen LogP contribution in [0.4, 0.5) is 15.8 Å². The Morgan fingerprint density at radius 2 is 1.65 bits per heavy atom. The van der Waals surface area contributed by atoms with Crippen molar-refractivity contribution >= 4 is 23.2 Å².